The van der Waals surface area contributed by atoms with Crippen molar-refractivity contribution in [3.8, 4) is 22.6 Å². The molecule has 0 aliphatic carbocycles. The van der Waals surface area contributed by atoms with Crippen LogP contribution in [0.2, 0.25) is 19.6 Å². The van der Waals surface area contributed by atoms with Crippen LogP contribution in [-0.2, 0) is 19.5 Å². The molecule has 4 aromatic rings. The number of aromatic nitrogens is 4. The van der Waals surface area contributed by atoms with E-state index in [1.807, 2.05) is 0 Å². The fourth-order valence-electron chi connectivity index (χ4n) is 11.9. The molecule has 408 valence electrons. The summed E-state index contributed by atoms with van der Waals surface area (Å²) < 4.78 is 0. The van der Waals surface area contributed by atoms with E-state index < -0.39 is 8.07 Å². The smallest absolute Gasteiger partial charge is 0.657 e. The van der Waals surface area contributed by atoms with E-state index in [9.17, 15) is 0 Å². The normalized spacial score (nSPS) is 12.3. The summed E-state index contributed by atoms with van der Waals surface area (Å²) in [4.78, 5) is 23.4. The molecule has 0 unspecified atom stereocenters. The van der Waals surface area contributed by atoms with Crippen LogP contribution in [0.4, 0.5) is 0 Å². The summed E-state index contributed by atoms with van der Waals surface area (Å²) >= 11 is 0. The van der Waals surface area contributed by atoms with Crippen molar-refractivity contribution in [1.29, 1.82) is 0 Å². The molecule has 0 N–H and O–H groups in total. The van der Waals surface area contributed by atoms with Crippen LogP contribution in [0.25, 0.3) is 57.5 Å². The zero-order valence-electron chi connectivity index (χ0n) is 49.9. The maximum absolute atomic E-state index is 5.90. The third-order valence-corrected chi connectivity index (χ3v) is 17.0. The van der Waals surface area contributed by atoms with Gasteiger partial charge in [-0.2, -0.15) is 0 Å². The Hall–Kier alpha value is -3.78. The molecular weight excluding hydrogens is 990 g/mol. The van der Waals surface area contributed by atoms with E-state index in [4.69, 9.17) is 19.9 Å². The molecule has 3 aromatic heterocycles. The van der Waals surface area contributed by atoms with Gasteiger partial charge in [0.05, 0.1) is 22.8 Å². The molecule has 6 heteroatoms. The van der Waals surface area contributed by atoms with Crippen molar-refractivity contribution >= 4 is 54.4 Å². The van der Waals surface area contributed by atoms with Crippen molar-refractivity contribution in [2.24, 2.45) is 0 Å². The van der Waals surface area contributed by atoms with Gasteiger partial charge in [-0.05, 0) is 121 Å². The quantitative estimate of drug-likeness (QED) is 0.0230. The molecule has 0 saturated heterocycles. The molecule has 0 spiro atoms. The minimum atomic E-state index is -1.54. The van der Waals surface area contributed by atoms with E-state index in [2.05, 4.69) is 145 Å². The van der Waals surface area contributed by atoms with Gasteiger partial charge in [-0.1, -0.05) is 258 Å². The summed E-state index contributed by atoms with van der Waals surface area (Å²) in [7, 11) is -1.54. The van der Waals surface area contributed by atoms with Crippen LogP contribution in [0, 0.1) is 11.5 Å². The monoisotopic (exact) mass is 1090 g/mol. The van der Waals surface area contributed by atoms with E-state index >= 15 is 0 Å². The average molecular weight is 1090 g/mol. The second-order valence-electron chi connectivity index (χ2n) is 23.7. The second-order valence-corrected chi connectivity index (χ2v) is 28.5. The average Bonchev–Trinajstić information content (AvgIpc) is 4.27. The van der Waals surface area contributed by atoms with Crippen LogP contribution in [-0.4, -0.2) is 18.0 Å². The molecule has 0 atom stereocenters. The number of hydrogen-bond donors (Lipinski definition) is 0. The van der Waals surface area contributed by atoms with Crippen LogP contribution >= 0.6 is 0 Å². The molecule has 2 aliphatic rings. The van der Waals surface area contributed by atoms with Crippen molar-refractivity contribution in [2.45, 2.75) is 272 Å². The number of nitrogens with zero attached hydrogens (tertiary/aromatic N) is 4. The fourth-order valence-corrected chi connectivity index (χ4v) is 12.4. The van der Waals surface area contributed by atoms with Gasteiger partial charge in [0.2, 0.25) is 0 Å². The first-order valence-electron chi connectivity index (χ1n) is 31.3. The first-order chi connectivity index (χ1) is 36.6. The summed E-state index contributed by atoms with van der Waals surface area (Å²) in [6.45, 7) is 20.9. The maximum Gasteiger partial charge on any atom is 2.00 e. The summed E-state index contributed by atoms with van der Waals surface area (Å²) in [6.07, 6.45) is 46.7. The summed E-state index contributed by atoms with van der Waals surface area (Å²) in [5, 5.41) is 0. The minimum absolute atomic E-state index is 0. The summed E-state index contributed by atoms with van der Waals surface area (Å²) in [6, 6.07) is 18.4. The Balaban J connectivity index is 0.0000107. The fraction of sp³-hybridized carbons (Fsp3) is 0.600. The molecule has 6 rings (SSSR count). The Bertz CT molecular complexity index is 2550. The van der Waals surface area contributed by atoms with Gasteiger partial charge in [0, 0.05) is 5.56 Å². The van der Waals surface area contributed by atoms with Gasteiger partial charge in [0.1, 0.15) is 8.07 Å². The third kappa shape index (κ3) is 19.2. The van der Waals surface area contributed by atoms with Gasteiger partial charge in [-0.25, -0.2) is 9.97 Å². The number of benzene rings is 1. The van der Waals surface area contributed by atoms with E-state index in [0.717, 1.165) is 87.2 Å². The molecule has 0 saturated carbocycles. The number of fused-ring (bicyclic) bond motifs is 8. The number of hydrogen-bond acceptors (Lipinski definition) is 2. The SMILES string of the molecule is CCCCCCC(CCCCCC)c1c2nc(c(C(CCCCCC)CCCCCC)c3ccc([n-]3)c(C(CCCCCC)CCCCCC)c3nc(c(-c4ccc(C#C[Si](C)(C)C)cc4)c4ccc1[n-]4)C=C3)C=C2.[Zn+2]. The molecule has 0 fully saturated rings. The van der Waals surface area contributed by atoms with Crippen molar-refractivity contribution in [3.05, 3.63) is 93.6 Å². The zero-order valence-corrected chi connectivity index (χ0v) is 53.8. The third-order valence-electron chi connectivity index (χ3n) is 16.1. The molecule has 8 bridgehead atoms. The molecule has 0 amide bonds. The molecular formula is C70H102N4SiZn. The van der Waals surface area contributed by atoms with Crippen LogP contribution < -0.4 is 9.97 Å². The van der Waals surface area contributed by atoms with Crippen LogP contribution in [0.1, 0.15) is 297 Å². The largest absolute Gasteiger partial charge is 2.00 e. The number of unbranched alkanes of at least 4 members (excludes halogenated alkanes) is 18. The van der Waals surface area contributed by atoms with Gasteiger partial charge >= 0.3 is 19.5 Å². The molecule has 1 aromatic carbocycles. The Labute approximate surface area is 478 Å². The minimum Gasteiger partial charge on any atom is -0.657 e. The first-order valence-corrected chi connectivity index (χ1v) is 34.8. The summed E-state index contributed by atoms with van der Waals surface area (Å²) in [5.41, 5.74) is 19.6. The second kappa shape index (κ2) is 34.3. The van der Waals surface area contributed by atoms with Crippen LogP contribution in [0.5, 0.6) is 0 Å². The molecule has 5 heterocycles. The van der Waals surface area contributed by atoms with E-state index in [1.165, 1.54) is 184 Å². The maximum atomic E-state index is 5.90. The van der Waals surface area contributed by atoms with Crippen molar-refractivity contribution in [3.63, 3.8) is 0 Å². The van der Waals surface area contributed by atoms with E-state index in [1.54, 1.807) is 0 Å². The van der Waals surface area contributed by atoms with Crippen LogP contribution in [0.15, 0.2) is 48.5 Å². The Morgan fingerprint density at radius 3 is 1.01 bits per heavy atom. The summed E-state index contributed by atoms with van der Waals surface area (Å²) in [5.74, 6) is 4.65. The standard InChI is InChI=1S/C70H102N4Si.Zn/c1-10-16-22-28-34-55(35-29-23-17-11-2)67-59-44-46-61(71-59)68(56(36-30-24-18-12-3)37-31-25-19-13-4)63-48-50-65(73-63)70(58-42-40-54(41-43-58)52-53-75(7,8)9)66-51-49-64(74-66)69(62-47-45-60(67)72-62)57(38-32-26-20-14-5)39-33-27-21-15-6;/h40-51,55-57H,10-39H2,1-9H3;/q-2;+2. The van der Waals surface area contributed by atoms with Crippen LogP contribution in [0.3, 0.4) is 0 Å². The van der Waals surface area contributed by atoms with E-state index in [0.29, 0.717) is 17.8 Å². The van der Waals surface area contributed by atoms with Crippen molar-refractivity contribution in [2.75, 3.05) is 0 Å². The van der Waals surface area contributed by atoms with Crippen molar-refractivity contribution < 1.29 is 19.5 Å². The van der Waals surface area contributed by atoms with Gasteiger partial charge in [0.15, 0.2) is 0 Å². The Morgan fingerprint density at radius 2 is 0.684 bits per heavy atom. The Kier molecular flexibility index (Phi) is 28.4. The molecule has 4 nitrogen and oxygen atoms in total. The first kappa shape index (κ1) is 63.1. The van der Waals surface area contributed by atoms with Crippen molar-refractivity contribution in [1.82, 2.24) is 19.9 Å². The zero-order chi connectivity index (χ0) is 53.3. The topological polar surface area (TPSA) is 54.0 Å². The van der Waals surface area contributed by atoms with Gasteiger partial charge < -0.3 is 9.97 Å². The molecule has 0 radical (unpaired) electrons. The number of rotatable bonds is 34. The molecule has 76 heavy (non-hydrogen) atoms. The van der Waals surface area contributed by atoms with E-state index in [-0.39, 0.29) is 19.5 Å². The predicted molar refractivity (Wildman–Crippen MR) is 333 cm³/mol. The molecule has 2 aliphatic heterocycles. The predicted octanol–water partition coefficient (Wildman–Crippen LogP) is 21.9. The Morgan fingerprint density at radius 1 is 0.382 bits per heavy atom. The van der Waals surface area contributed by atoms with Gasteiger partial charge in [-0.15, -0.1) is 27.6 Å². The van der Waals surface area contributed by atoms with Gasteiger partial charge in [-0.3, -0.25) is 0 Å². The van der Waals surface area contributed by atoms with Gasteiger partial charge in [0.25, 0.3) is 0 Å².